The summed E-state index contributed by atoms with van der Waals surface area (Å²) < 4.78 is 4.64. The molecule has 2 aromatic carbocycles. The summed E-state index contributed by atoms with van der Waals surface area (Å²) in [7, 11) is 1.31. The van der Waals surface area contributed by atoms with E-state index in [4.69, 9.17) is 0 Å². The molecule has 0 radical (unpaired) electrons. The van der Waals surface area contributed by atoms with Gasteiger partial charge in [0, 0.05) is 11.4 Å². The van der Waals surface area contributed by atoms with E-state index in [9.17, 15) is 9.59 Å². The number of amides is 1. The average Bonchev–Trinajstić information content (AvgIpc) is 2.70. The zero-order chi connectivity index (χ0) is 19.2. The number of nitrogens with zero attached hydrogens (tertiary/aromatic N) is 2. The van der Waals surface area contributed by atoms with E-state index in [1.54, 1.807) is 24.3 Å². The number of anilines is 3. The second-order valence-corrected chi connectivity index (χ2v) is 5.75. The topological polar surface area (TPSA) is 93.2 Å². The summed E-state index contributed by atoms with van der Waals surface area (Å²) in [5.74, 6) is -0.283. The van der Waals surface area contributed by atoms with Gasteiger partial charge in [-0.3, -0.25) is 4.79 Å². The van der Waals surface area contributed by atoms with Crippen LogP contribution < -0.4 is 10.6 Å². The monoisotopic (exact) mass is 362 g/mol. The zero-order valence-corrected chi connectivity index (χ0v) is 14.9. The molecule has 0 aliphatic rings. The molecule has 0 aliphatic heterocycles. The predicted molar refractivity (Wildman–Crippen MR) is 102 cm³/mol. The standard InChI is InChI=1S/C20H18N4O3/c1-13-5-3-4-6-16(13)24-18-12-21-17(11-22-18)19(25)23-15-9-7-14(8-10-15)20(26)27-2/h3-12H,1-2H3,(H,22,24)(H,23,25). The molecule has 2 N–H and O–H groups in total. The minimum absolute atomic E-state index is 0.183. The van der Waals surface area contributed by atoms with Crippen LogP contribution in [0.1, 0.15) is 26.4 Å². The molecule has 0 saturated heterocycles. The minimum Gasteiger partial charge on any atom is -0.465 e. The van der Waals surface area contributed by atoms with Crippen molar-refractivity contribution < 1.29 is 14.3 Å². The fourth-order valence-electron chi connectivity index (χ4n) is 2.36. The van der Waals surface area contributed by atoms with Crippen LogP contribution in [0.5, 0.6) is 0 Å². The highest BCUT2D eigenvalue weighted by Crippen LogP contribution is 2.18. The molecule has 3 rings (SSSR count). The molecule has 0 bridgehead atoms. The number of rotatable bonds is 5. The fourth-order valence-corrected chi connectivity index (χ4v) is 2.36. The molecule has 7 heteroatoms. The van der Waals surface area contributed by atoms with Gasteiger partial charge >= 0.3 is 5.97 Å². The van der Waals surface area contributed by atoms with Crippen molar-refractivity contribution in [3.8, 4) is 0 Å². The Bertz CT molecular complexity index is 954. The number of hydrogen-bond donors (Lipinski definition) is 2. The third kappa shape index (κ3) is 4.46. The Balaban J connectivity index is 1.65. The van der Waals surface area contributed by atoms with Crippen molar-refractivity contribution in [3.63, 3.8) is 0 Å². The quantitative estimate of drug-likeness (QED) is 0.674. The number of carbonyl (C=O) groups is 2. The van der Waals surface area contributed by atoms with Crippen molar-refractivity contribution in [1.82, 2.24) is 9.97 Å². The first kappa shape index (κ1) is 18.1. The molecule has 0 aliphatic carbocycles. The van der Waals surface area contributed by atoms with Crippen molar-refractivity contribution in [1.29, 1.82) is 0 Å². The first-order valence-electron chi connectivity index (χ1n) is 8.21. The second kappa shape index (κ2) is 8.09. The molecule has 1 aromatic heterocycles. The summed E-state index contributed by atoms with van der Waals surface area (Å²) in [6, 6.07) is 14.2. The van der Waals surface area contributed by atoms with Gasteiger partial charge < -0.3 is 15.4 Å². The number of para-hydroxylation sites is 1. The fraction of sp³-hybridized carbons (Fsp3) is 0.100. The maximum atomic E-state index is 12.3. The Kier molecular flexibility index (Phi) is 5.41. The Morgan fingerprint density at radius 2 is 1.70 bits per heavy atom. The Morgan fingerprint density at radius 3 is 2.33 bits per heavy atom. The van der Waals surface area contributed by atoms with Gasteiger partial charge in [-0.05, 0) is 42.8 Å². The smallest absolute Gasteiger partial charge is 0.337 e. The van der Waals surface area contributed by atoms with Gasteiger partial charge in [-0.15, -0.1) is 0 Å². The molecule has 27 heavy (non-hydrogen) atoms. The summed E-state index contributed by atoms with van der Waals surface area (Å²) in [5.41, 5.74) is 3.13. The molecule has 0 fully saturated rings. The number of nitrogens with one attached hydrogen (secondary N) is 2. The summed E-state index contributed by atoms with van der Waals surface area (Å²) >= 11 is 0. The van der Waals surface area contributed by atoms with E-state index in [2.05, 4.69) is 25.3 Å². The summed E-state index contributed by atoms with van der Waals surface area (Å²) in [6.07, 6.45) is 2.90. The van der Waals surface area contributed by atoms with Crippen LogP contribution >= 0.6 is 0 Å². The van der Waals surface area contributed by atoms with Crippen LogP contribution in [-0.4, -0.2) is 29.0 Å². The van der Waals surface area contributed by atoms with E-state index >= 15 is 0 Å². The lowest BCUT2D eigenvalue weighted by molar-refractivity contribution is 0.0600. The van der Waals surface area contributed by atoms with E-state index in [0.29, 0.717) is 17.1 Å². The van der Waals surface area contributed by atoms with E-state index < -0.39 is 11.9 Å². The summed E-state index contributed by atoms with van der Waals surface area (Å²) in [5, 5.41) is 5.87. The number of hydrogen-bond acceptors (Lipinski definition) is 6. The first-order valence-corrected chi connectivity index (χ1v) is 8.21. The number of carbonyl (C=O) groups excluding carboxylic acids is 2. The number of aryl methyl sites for hydroxylation is 1. The molecule has 0 atom stereocenters. The van der Waals surface area contributed by atoms with Crippen LogP contribution in [0, 0.1) is 6.92 Å². The number of benzene rings is 2. The Morgan fingerprint density at radius 1 is 0.963 bits per heavy atom. The number of aromatic nitrogens is 2. The van der Waals surface area contributed by atoms with Crippen LogP contribution in [0.25, 0.3) is 0 Å². The van der Waals surface area contributed by atoms with E-state index in [-0.39, 0.29) is 5.69 Å². The number of ether oxygens (including phenoxy) is 1. The molecule has 136 valence electrons. The van der Waals surface area contributed by atoms with Crippen molar-refractivity contribution in [2.45, 2.75) is 6.92 Å². The lowest BCUT2D eigenvalue weighted by Gasteiger charge is -2.09. The molecule has 0 saturated carbocycles. The van der Waals surface area contributed by atoms with Crippen LogP contribution in [0.4, 0.5) is 17.2 Å². The van der Waals surface area contributed by atoms with Gasteiger partial charge in [0.1, 0.15) is 11.5 Å². The van der Waals surface area contributed by atoms with Crippen LogP contribution in [0.15, 0.2) is 60.9 Å². The van der Waals surface area contributed by atoms with Gasteiger partial charge in [0.05, 0.1) is 25.1 Å². The third-order valence-electron chi connectivity index (χ3n) is 3.86. The van der Waals surface area contributed by atoms with Crippen LogP contribution in [0.2, 0.25) is 0 Å². The average molecular weight is 362 g/mol. The Hall–Kier alpha value is -3.74. The van der Waals surface area contributed by atoms with E-state index in [1.807, 2.05) is 31.2 Å². The SMILES string of the molecule is COC(=O)c1ccc(NC(=O)c2cnc(Nc3ccccc3C)cn2)cc1. The molecule has 0 unspecified atom stereocenters. The molecule has 1 heterocycles. The third-order valence-corrected chi connectivity index (χ3v) is 3.86. The van der Waals surface area contributed by atoms with Crippen molar-refractivity contribution in [3.05, 3.63) is 77.7 Å². The zero-order valence-electron chi connectivity index (χ0n) is 14.9. The highest BCUT2D eigenvalue weighted by atomic mass is 16.5. The number of methoxy groups -OCH3 is 1. The van der Waals surface area contributed by atoms with Crippen molar-refractivity contribution >= 4 is 29.1 Å². The van der Waals surface area contributed by atoms with Crippen LogP contribution in [-0.2, 0) is 4.74 Å². The molecular weight excluding hydrogens is 344 g/mol. The lowest BCUT2D eigenvalue weighted by atomic mass is 10.2. The first-order chi connectivity index (χ1) is 13.1. The summed E-state index contributed by atoms with van der Waals surface area (Å²) in [6.45, 7) is 1.99. The largest absolute Gasteiger partial charge is 0.465 e. The van der Waals surface area contributed by atoms with Gasteiger partial charge in [-0.2, -0.15) is 0 Å². The maximum Gasteiger partial charge on any atom is 0.337 e. The predicted octanol–water partition coefficient (Wildman–Crippen LogP) is 3.57. The van der Waals surface area contributed by atoms with Gasteiger partial charge in [-0.25, -0.2) is 14.8 Å². The van der Waals surface area contributed by atoms with Gasteiger partial charge in [0.25, 0.3) is 5.91 Å². The van der Waals surface area contributed by atoms with E-state index in [0.717, 1.165) is 11.3 Å². The minimum atomic E-state index is -0.435. The normalized spacial score (nSPS) is 10.1. The van der Waals surface area contributed by atoms with Gasteiger partial charge in [0.15, 0.2) is 0 Å². The van der Waals surface area contributed by atoms with Gasteiger partial charge in [0.2, 0.25) is 0 Å². The highest BCUT2D eigenvalue weighted by Gasteiger charge is 2.10. The maximum absolute atomic E-state index is 12.3. The molecule has 0 spiro atoms. The number of esters is 1. The van der Waals surface area contributed by atoms with Gasteiger partial charge in [-0.1, -0.05) is 18.2 Å². The van der Waals surface area contributed by atoms with Crippen LogP contribution in [0.3, 0.4) is 0 Å². The highest BCUT2D eigenvalue weighted by molar-refractivity contribution is 6.03. The molecular formula is C20H18N4O3. The summed E-state index contributed by atoms with van der Waals surface area (Å²) in [4.78, 5) is 32.1. The van der Waals surface area contributed by atoms with E-state index in [1.165, 1.54) is 19.5 Å². The molecule has 7 nitrogen and oxygen atoms in total. The molecule has 3 aromatic rings. The molecule has 1 amide bonds. The second-order valence-electron chi connectivity index (χ2n) is 5.75. The van der Waals surface area contributed by atoms with Crippen molar-refractivity contribution in [2.24, 2.45) is 0 Å². The van der Waals surface area contributed by atoms with Crippen molar-refractivity contribution in [2.75, 3.05) is 17.7 Å². The lowest BCUT2D eigenvalue weighted by Crippen LogP contribution is -2.14. The Labute approximate surface area is 156 Å².